The van der Waals surface area contributed by atoms with Crippen LogP contribution in [0.4, 0.5) is 26.7 Å². The van der Waals surface area contributed by atoms with E-state index in [0.29, 0.717) is 43.0 Å². The molecule has 1 saturated heterocycles. The van der Waals surface area contributed by atoms with E-state index < -0.39 is 11.9 Å². The molecule has 1 heterocycles. The molecule has 4 N–H and O–H groups in total. The van der Waals surface area contributed by atoms with E-state index in [-0.39, 0.29) is 12.1 Å². The SMILES string of the molecule is Cc1ccc(NC(=O)Nc2ccccc2)cc1NC(=O)N1CCC(C(=O)O)CC1. The molecule has 0 spiro atoms. The lowest BCUT2D eigenvalue weighted by atomic mass is 9.97. The van der Waals surface area contributed by atoms with Crippen molar-refractivity contribution < 1.29 is 19.5 Å². The number of urea groups is 2. The van der Waals surface area contributed by atoms with E-state index in [2.05, 4.69) is 16.0 Å². The summed E-state index contributed by atoms with van der Waals surface area (Å²) < 4.78 is 0. The second-order valence-corrected chi connectivity index (χ2v) is 7.00. The number of aliphatic carboxylic acids is 1. The Morgan fingerprint density at radius 3 is 2.24 bits per heavy atom. The first-order chi connectivity index (χ1) is 13.9. The van der Waals surface area contributed by atoms with Crippen LogP contribution in [0, 0.1) is 12.8 Å². The number of carbonyl (C=O) groups is 3. The normalized spacial score (nSPS) is 14.2. The maximum atomic E-state index is 12.5. The van der Waals surface area contributed by atoms with Gasteiger partial charge in [0.15, 0.2) is 0 Å². The Hall–Kier alpha value is -3.55. The van der Waals surface area contributed by atoms with Crippen LogP contribution in [0.3, 0.4) is 0 Å². The van der Waals surface area contributed by atoms with Gasteiger partial charge in [-0.3, -0.25) is 4.79 Å². The van der Waals surface area contributed by atoms with Crippen molar-refractivity contribution in [1.82, 2.24) is 4.90 Å². The summed E-state index contributed by atoms with van der Waals surface area (Å²) in [7, 11) is 0. The van der Waals surface area contributed by atoms with Crippen LogP contribution in [0.15, 0.2) is 48.5 Å². The summed E-state index contributed by atoms with van der Waals surface area (Å²) in [5.41, 5.74) is 2.67. The molecule has 1 aliphatic rings. The number of benzene rings is 2. The molecule has 0 unspecified atom stereocenters. The van der Waals surface area contributed by atoms with Crippen LogP contribution >= 0.6 is 0 Å². The molecule has 0 aliphatic carbocycles. The molecular formula is C21H24N4O4. The number of carboxylic acids is 1. The number of anilines is 3. The third-order valence-corrected chi connectivity index (χ3v) is 4.90. The van der Waals surface area contributed by atoms with Crippen molar-refractivity contribution in [3.8, 4) is 0 Å². The number of nitrogens with one attached hydrogen (secondary N) is 3. The first-order valence-corrected chi connectivity index (χ1v) is 9.45. The fourth-order valence-electron chi connectivity index (χ4n) is 3.17. The number of piperidine rings is 1. The fraction of sp³-hybridized carbons (Fsp3) is 0.286. The lowest BCUT2D eigenvalue weighted by Gasteiger charge is -2.30. The van der Waals surface area contributed by atoms with Crippen molar-refractivity contribution in [3.05, 3.63) is 54.1 Å². The first kappa shape index (κ1) is 20.2. The number of nitrogens with zero attached hydrogens (tertiary/aromatic N) is 1. The number of likely N-dealkylation sites (tertiary alicyclic amines) is 1. The van der Waals surface area contributed by atoms with Crippen molar-refractivity contribution in [2.24, 2.45) is 5.92 Å². The Bertz CT molecular complexity index is 893. The molecule has 0 atom stereocenters. The van der Waals surface area contributed by atoms with Gasteiger partial charge in [-0.25, -0.2) is 9.59 Å². The molecule has 1 fully saturated rings. The van der Waals surface area contributed by atoms with Crippen molar-refractivity contribution in [3.63, 3.8) is 0 Å². The van der Waals surface area contributed by atoms with Gasteiger partial charge in [0.25, 0.3) is 0 Å². The summed E-state index contributed by atoms with van der Waals surface area (Å²) in [6, 6.07) is 13.7. The largest absolute Gasteiger partial charge is 0.481 e. The molecule has 29 heavy (non-hydrogen) atoms. The lowest BCUT2D eigenvalue weighted by molar-refractivity contribution is -0.143. The number of hydrogen-bond acceptors (Lipinski definition) is 3. The summed E-state index contributed by atoms with van der Waals surface area (Å²) in [5.74, 6) is -1.20. The van der Waals surface area contributed by atoms with Crippen LogP contribution in [-0.2, 0) is 4.79 Å². The number of rotatable bonds is 4. The number of para-hydroxylation sites is 1. The van der Waals surface area contributed by atoms with Gasteiger partial charge in [0.2, 0.25) is 0 Å². The van der Waals surface area contributed by atoms with Crippen LogP contribution < -0.4 is 16.0 Å². The van der Waals surface area contributed by atoms with E-state index in [1.165, 1.54) is 0 Å². The Labute approximate surface area is 168 Å². The molecule has 0 radical (unpaired) electrons. The highest BCUT2D eigenvalue weighted by molar-refractivity contribution is 6.00. The van der Waals surface area contributed by atoms with Crippen molar-refractivity contribution in [1.29, 1.82) is 0 Å². The van der Waals surface area contributed by atoms with E-state index in [9.17, 15) is 14.4 Å². The van der Waals surface area contributed by atoms with Gasteiger partial charge in [0.05, 0.1) is 5.92 Å². The van der Waals surface area contributed by atoms with E-state index in [1.807, 2.05) is 31.2 Å². The predicted octanol–water partition coefficient (Wildman–Crippen LogP) is 3.97. The average molecular weight is 396 g/mol. The predicted molar refractivity (Wildman–Crippen MR) is 111 cm³/mol. The molecule has 1 aliphatic heterocycles. The van der Waals surface area contributed by atoms with Gasteiger partial charge in [-0.05, 0) is 49.6 Å². The van der Waals surface area contributed by atoms with E-state index in [0.717, 1.165) is 5.56 Å². The second-order valence-electron chi connectivity index (χ2n) is 7.00. The zero-order valence-corrected chi connectivity index (χ0v) is 16.1. The Kier molecular flexibility index (Phi) is 6.33. The number of hydrogen-bond donors (Lipinski definition) is 4. The number of aryl methyl sites for hydroxylation is 1. The highest BCUT2D eigenvalue weighted by Crippen LogP contribution is 2.23. The minimum absolute atomic E-state index is 0.275. The maximum absolute atomic E-state index is 12.5. The van der Waals surface area contributed by atoms with Gasteiger partial charge in [0, 0.05) is 30.2 Å². The lowest BCUT2D eigenvalue weighted by Crippen LogP contribution is -2.42. The highest BCUT2D eigenvalue weighted by atomic mass is 16.4. The Morgan fingerprint density at radius 1 is 0.931 bits per heavy atom. The summed E-state index contributed by atoms with van der Waals surface area (Å²) in [6.45, 7) is 2.67. The number of carbonyl (C=O) groups excluding carboxylic acids is 2. The van der Waals surface area contributed by atoms with E-state index in [4.69, 9.17) is 5.11 Å². The molecule has 2 aromatic rings. The third-order valence-electron chi connectivity index (χ3n) is 4.90. The Balaban J connectivity index is 1.59. The zero-order valence-electron chi connectivity index (χ0n) is 16.1. The Morgan fingerprint density at radius 2 is 1.59 bits per heavy atom. The molecule has 8 nitrogen and oxygen atoms in total. The molecular weight excluding hydrogens is 372 g/mol. The minimum atomic E-state index is -0.812. The summed E-state index contributed by atoms with van der Waals surface area (Å²) in [4.78, 5) is 37.4. The molecule has 0 bridgehead atoms. The molecule has 2 aromatic carbocycles. The van der Waals surface area contributed by atoms with Crippen molar-refractivity contribution in [2.75, 3.05) is 29.0 Å². The third kappa shape index (κ3) is 5.47. The van der Waals surface area contributed by atoms with E-state index in [1.54, 1.807) is 29.2 Å². The van der Waals surface area contributed by atoms with Crippen LogP contribution in [0.2, 0.25) is 0 Å². The standard InChI is InChI=1S/C21H24N4O4/c1-14-7-8-17(23-20(28)22-16-5-3-2-4-6-16)13-18(14)24-21(29)25-11-9-15(10-12-25)19(26)27/h2-8,13,15H,9-12H2,1H3,(H,24,29)(H,26,27)(H2,22,23,28). The van der Waals surface area contributed by atoms with Gasteiger partial charge < -0.3 is 26.0 Å². The molecule has 4 amide bonds. The van der Waals surface area contributed by atoms with Crippen molar-refractivity contribution in [2.45, 2.75) is 19.8 Å². The second kappa shape index (κ2) is 9.09. The fourth-order valence-corrected chi connectivity index (χ4v) is 3.17. The van der Waals surface area contributed by atoms with Crippen LogP contribution in [0.25, 0.3) is 0 Å². The maximum Gasteiger partial charge on any atom is 0.323 e. The average Bonchev–Trinajstić information content (AvgIpc) is 2.71. The molecule has 0 aromatic heterocycles. The van der Waals surface area contributed by atoms with Gasteiger partial charge in [-0.2, -0.15) is 0 Å². The smallest absolute Gasteiger partial charge is 0.323 e. The topological polar surface area (TPSA) is 111 Å². The summed E-state index contributed by atoms with van der Waals surface area (Å²) >= 11 is 0. The highest BCUT2D eigenvalue weighted by Gasteiger charge is 2.27. The van der Waals surface area contributed by atoms with Gasteiger partial charge in [-0.1, -0.05) is 24.3 Å². The summed E-state index contributed by atoms with van der Waals surface area (Å²) in [5, 5.41) is 17.4. The number of amides is 4. The minimum Gasteiger partial charge on any atom is -0.481 e. The monoisotopic (exact) mass is 396 g/mol. The van der Waals surface area contributed by atoms with Gasteiger partial charge in [0.1, 0.15) is 0 Å². The van der Waals surface area contributed by atoms with E-state index >= 15 is 0 Å². The first-order valence-electron chi connectivity index (χ1n) is 9.45. The molecule has 152 valence electrons. The molecule has 3 rings (SSSR count). The van der Waals surface area contributed by atoms with Crippen LogP contribution in [0.5, 0.6) is 0 Å². The summed E-state index contributed by atoms with van der Waals surface area (Å²) in [6.07, 6.45) is 0.895. The number of carboxylic acid groups (broad SMARTS) is 1. The van der Waals surface area contributed by atoms with Crippen LogP contribution in [-0.4, -0.2) is 41.1 Å². The van der Waals surface area contributed by atoms with Crippen LogP contribution in [0.1, 0.15) is 18.4 Å². The van der Waals surface area contributed by atoms with Gasteiger partial charge in [-0.15, -0.1) is 0 Å². The molecule has 0 saturated carbocycles. The van der Waals surface area contributed by atoms with Crippen molar-refractivity contribution >= 4 is 35.1 Å². The van der Waals surface area contributed by atoms with Gasteiger partial charge >= 0.3 is 18.0 Å². The quantitative estimate of drug-likeness (QED) is 0.627. The molecule has 8 heteroatoms. The zero-order chi connectivity index (χ0) is 20.8.